The summed E-state index contributed by atoms with van der Waals surface area (Å²) in [5.74, 6) is 1.58. The fourth-order valence-electron chi connectivity index (χ4n) is 2.38. The van der Waals surface area contributed by atoms with Gasteiger partial charge in [0.2, 0.25) is 0 Å². The highest BCUT2D eigenvalue weighted by molar-refractivity contribution is 5.86. The van der Waals surface area contributed by atoms with E-state index in [0.717, 1.165) is 29.1 Å². The molecule has 0 amide bonds. The molecule has 1 aromatic carbocycles. The highest BCUT2D eigenvalue weighted by Gasteiger charge is 2.16. The first kappa shape index (κ1) is 13.4. The van der Waals surface area contributed by atoms with Gasteiger partial charge >= 0.3 is 0 Å². The van der Waals surface area contributed by atoms with Gasteiger partial charge in [0.05, 0.1) is 11.3 Å². The highest BCUT2D eigenvalue weighted by atomic mass is 16.3. The monoisotopic (exact) mass is 280 g/mol. The minimum atomic E-state index is 0.555. The molecule has 0 unspecified atom stereocenters. The number of furan rings is 1. The topological polar surface area (TPSA) is 48.0 Å². The maximum Gasteiger partial charge on any atom is 0.153 e. The summed E-state index contributed by atoms with van der Waals surface area (Å²) < 4.78 is 7.26. The van der Waals surface area contributed by atoms with Crippen LogP contribution in [0.4, 0.5) is 0 Å². The zero-order chi connectivity index (χ0) is 15.0. The number of carbonyl (C=O) groups excluding carboxylic acids is 1. The molecule has 0 fully saturated rings. The second-order valence-corrected chi connectivity index (χ2v) is 5.16. The molecule has 0 aliphatic carbocycles. The average molecular weight is 280 g/mol. The van der Waals surface area contributed by atoms with Gasteiger partial charge in [-0.15, -0.1) is 0 Å². The SMILES string of the molecule is Cc1ccc(-n2cc(C=O)c(-c3cc(C)oc3C)n2)cc1. The molecule has 2 aromatic heterocycles. The van der Waals surface area contributed by atoms with Crippen LogP contribution in [-0.2, 0) is 0 Å². The Bertz CT molecular complexity index is 795. The summed E-state index contributed by atoms with van der Waals surface area (Å²) in [4.78, 5) is 11.3. The Morgan fingerprint density at radius 1 is 1.14 bits per heavy atom. The second kappa shape index (κ2) is 5.05. The molecule has 4 nitrogen and oxygen atoms in total. The van der Waals surface area contributed by atoms with Gasteiger partial charge in [-0.2, -0.15) is 5.10 Å². The van der Waals surface area contributed by atoms with E-state index in [1.807, 2.05) is 51.1 Å². The first-order chi connectivity index (χ1) is 10.1. The lowest BCUT2D eigenvalue weighted by Crippen LogP contribution is -1.94. The zero-order valence-electron chi connectivity index (χ0n) is 12.3. The van der Waals surface area contributed by atoms with E-state index in [1.54, 1.807) is 10.9 Å². The number of carbonyl (C=O) groups is 1. The van der Waals surface area contributed by atoms with Crippen LogP contribution in [0.15, 0.2) is 40.9 Å². The van der Waals surface area contributed by atoms with E-state index in [4.69, 9.17) is 4.42 Å². The Labute approximate surface area is 123 Å². The van der Waals surface area contributed by atoms with Crippen LogP contribution in [0.3, 0.4) is 0 Å². The van der Waals surface area contributed by atoms with E-state index in [1.165, 1.54) is 5.56 Å². The molecule has 21 heavy (non-hydrogen) atoms. The van der Waals surface area contributed by atoms with E-state index >= 15 is 0 Å². The van der Waals surface area contributed by atoms with Gasteiger partial charge in [0.1, 0.15) is 17.2 Å². The molecule has 106 valence electrons. The summed E-state index contributed by atoms with van der Waals surface area (Å²) in [5, 5.41) is 4.55. The van der Waals surface area contributed by atoms with Crippen molar-refractivity contribution in [3.63, 3.8) is 0 Å². The normalized spacial score (nSPS) is 10.8. The fraction of sp³-hybridized carbons (Fsp3) is 0.176. The number of rotatable bonds is 3. The van der Waals surface area contributed by atoms with E-state index in [2.05, 4.69) is 5.10 Å². The van der Waals surface area contributed by atoms with Crippen molar-refractivity contribution in [2.24, 2.45) is 0 Å². The third-order valence-electron chi connectivity index (χ3n) is 3.46. The van der Waals surface area contributed by atoms with Crippen molar-refractivity contribution < 1.29 is 9.21 Å². The summed E-state index contributed by atoms with van der Waals surface area (Å²) in [7, 11) is 0. The third-order valence-corrected chi connectivity index (χ3v) is 3.46. The van der Waals surface area contributed by atoms with Gasteiger partial charge < -0.3 is 4.42 Å². The van der Waals surface area contributed by atoms with Gasteiger partial charge in [-0.1, -0.05) is 17.7 Å². The van der Waals surface area contributed by atoms with E-state index in [9.17, 15) is 4.79 Å². The molecule has 0 radical (unpaired) electrons. The number of aryl methyl sites for hydroxylation is 3. The summed E-state index contributed by atoms with van der Waals surface area (Å²) in [6, 6.07) is 9.90. The molecular formula is C17H16N2O2. The zero-order valence-corrected chi connectivity index (χ0v) is 12.3. The smallest absolute Gasteiger partial charge is 0.153 e. The molecule has 0 bridgehead atoms. The molecule has 0 N–H and O–H groups in total. The fourth-order valence-corrected chi connectivity index (χ4v) is 2.38. The first-order valence-electron chi connectivity index (χ1n) is 6.78. The lowest BCUT2D eigenvalue weighted by molar-refractivity contribution is 0.112. The van der Waals surface area contributed by atoms with Gasteiger partial charge in [0, 0.05) is 11.8 Å². The van der Waals surface area contributed by atoms with Gasteiger partial charge in [-0.3, -0.25) is 4.79 Å². The maximum atomic E-state index is 11.3. The van der Waals surface area contributed by atoms with Gasteiger partial charge in [0.15, 0.2) is 6.29 Å². The van der Waals surface area contributed by atoms with Crippen molar-refractivity contribution >= 4 is 6.29 Å². The molecule has 0 aliphatic heterocycles. The number of hydrogen-bond donors (Lipinski definition) is 0. The molecule has 3 rings (SSSR count). The van der Waals surface area contributed by atoms with Crippen LogP contribution in [0.25, 0.3) is 16.9 Å². The van der Waals surface area contributed by atoms with Crippen LogP contribution in [-0.4, -0.2) is 16.1 Å². The van der Waals surface area contributed by atoms with Crippen LogP contribution in [0.1, 0.15) is 27.4 Å². The van der Waals surface area contributed by atoms with Crippen LogP contribution in [0.5, 0.6) is 0 Å². The molecule has 0 saturated carbocycles. The molecule has 4 heteroatoms. The molecule has 0 atom stereocenters. The molecule has 3 aromatic rings. The Morgan fingerprint density at radius 2 is 1.86 bits per heavy atom. The molecule has 0 saturated heterocycles. The largest absolute Gasteiger partial charge is 0.466 e. The van der Waals surface area contributed by atoms with Gasteiger partial charge in [0.25, 0.3) is 0 Å². The number of aldehydes is 1. The molecule has 0 aliphatic rings. The average Bonchev–Trinajstić information content (AvgIpc) is 3.02. The minimum absolute atomic E-state index is 0.555. The quantitative estimate of drug-likeness (QED) is 0.684. The Morgan fingerprint density at radius 3 is 2.43 bits per heavy atom. The Hall–Kier alpha value is -2.62. The van der Waals surface area contributed by atoms with Crippen LogP contribution < -0.4 is 0 Å². The lowest BCUT2D eigenvalue weighted by atomic mass is 10.1. The van der Waals surface area contributed by atoms with E-state index < -0.39 is 0 Å². The van der Waals surface area contributed by atoms with Gasteiger partial charge in [-0.25, -0.2) is 4.68 Å². The number of aromatic nitrogens is 2. The van der Waals surface area contributed by atoms with Crippen molar-refractivity contribution in [1.82, 2.24) is 9.78 Å². The van der Waals surface area contributed by atoms with Crippen molar-refractivity contribution in [2.45, 2.75) is 20.8 Å². The van der Waals surface area contributed by atoms with Crippen LogP contribution in [0, 0.1) is 20.8 Å². The van der Waals surface area contributed by atoms with Crippen LogP contribution >= 0.6 is 0 Å². The number of nitrogens with zero attached hydrogens (tertiary/aromatic N) is 2. The van der Waals surface area contributed by atoms with Crippen molar-refractivity contribution in [2.75, 3.05) is 0 Å². The van der Waals surface area contributed by atoms with E-state index in [0.29, 0.717) is 11.3 Å². The summed E-state index contributed by atoms with van der Waals surface area (Å²) in [6.45, 7) is 5.79. The number of hydrogen-bond acceptors (Lipinski definition) is 3. The van der Waals surface area contributed by atoms with Crippen molar-refractivity contribution in [1.29, 1.82) is 0 Å². The third kappa shape index (κ3) is 2.40. The minimum Gasteiger partial charge on any atom is -0.466 e. The second-order valence-electron chi connectivity index (χ2n) is 5.16. The summed E-state index contributed by atoms with van der Waals surface area (Å²) in [6.07, 6.45) is 2.57. The highest BCUT2D eigenvalue weighted by Crippen LogP contribution is 2.28. The number of benzene rings is 1. The maximum absolute atomic E-state index is 11.3. The molecule has 2 heterocycles. The Kier molecular flexibility index (Phi) is 3.22. The van der Waals surface area contributed by atoms with Crippen LogP contribution in [0.2, 0.25) is 0 Å². The van der Waals surface area contributed by atoms with Gasteiger partial charge in [-0.05, 0) is 39.0 Å². The summed E-state index contributed by atoms with van der Waals surface area (Å²) in [5.41, 5.74) is 4.18. The molecule has 0 spiro atoms. The summed E-state index contributed by atoms with van der Waals surface area (Å²) >= 11 is 0. The predicted octanol–water partition coefficient (Wildman–Crippen LogP) is 3.87. The molecular weight excluding hydrogens is 264 g/mol. The van der Waals surface area contributed by atoms with Crippen molar-refractivity contribution in [3.8, 4) is 16.9 Å². The van der Waals surface area contributed by atoms with E-state index in [-0.39, 0.29) is 0 Å². The lowest BCUT2D eigenvalue weighted by Gasteiger charge is -2.01. The van der Waals surface area contributed by atoms with Crippen molar-refractivity contribution in [3.05, 3.63) is 59.2 Å². The first-order valence-corrected chi connectivity index (χ1v) is 6.78. The predicted molar refractivity (Wildman–Crippen MR) is 80.9 cm³/mol. The Balaban J connectivity index is 2.12. The standard InChI is InChI=1S/C17H16N2O2/c1-11-4-6-15(7-5-11)19-9-14(10-20)17(18-19)16-8-12(2)21-13(16)3/h4-10H,1-3H3.